The second-order valence-electron chi connectivity index (χ2n) is 3.98. The second kappa shape index (κ2) is 3.97. The van der Waals surface area contributed by atoms with Gasteiger partial charge < -0.3 is 0 Å². The van der Waals surface area contributed by atoms with E-state index in [-0.39, 0.29) is 5.78 Å². The minimum Gasteiger partial charge on any atom is -0.289 e. The van der Waals surface area contributed by atoms with Gasteiger partial charge in [-0.15, -0.1) is 0 Å². The quantitative estimate of drug-likeness (QED) is 0.768. The summed E-state index contributed by atoms with van der Waals surface area (Å²) in [5.74, 6) is 0.110. The van der Waals surface area contributed by atoms with Gasteiger partial charge in [-0.3, -0.25) is 4.79 Å². The van der Waals surface area contributed by atoms with Crippen LogP contribution in [0.25, 0.3) is 11.6 Å². The standard InChI is InChI=1S/C15H9BrO/c16-12-6-7-13-11(8-12)9-14(15(13)17)10-4-2-1-3-5-10/h1-9H. The van der Waals surface area contributed by atoms with E-state index in [9.17, 15) is 4.79 Å². The first-order valence-electron chi connectivity index (χ1n) is 5.37. The molecule has 0 spiro atoms. The van der Waals surface area contributed by atoms with Crippen LogP contribution in [-0.2, 0) is 0 Å². The van der Waals surface area contributed by atoms with Gasteiger partial charge in [0, 0.05) is 15.6 Å². The first-order chi connectivity index (χ1) is 8.25. The van der Waals surface area contributed by atoms with E-state index in [2.05, 4.69) is 15.9 Å². The number of halogens is 1. The van der Waals surface area contributed by atoms with E-state index in [1.807, 2.05) is 54.6 Å². The van der Waals surface area contributed by atoms with Gasteiger partial charge in [-0.1, -0.05) is 46.3 Å². The summed E-state index contributed by atoms with van der Waals surface area (Å²) in [7, 11) is 0. The molecule has 3 rings (SSSR count). The predicted octanol–water partition coefficient (Wildman–Crippen LogP) is 4.19. The molecule has 17 heavy (non-hydrogen) atoms. The lowest BCUT2D eigenvalue weighted by Crippen LogP contribution is -1.97. The average Bonchev–Trinajstić information content (AvgIpc) is 2.67. The lowest BCUT2D eigenvalue weighted by Gasteiger charge is -2.00. The highest BCUT2D eigenvalue weighted by Crippen LogP contribution is 2.32. The SMILES string of the molecule is O=C1C(c2ccccc2)=Cc2cc(Br)ccc21. The van der Waals surface area contributed by atoms with Gasteiger partial charge in [0.1, 0.15) is 0 Å². The van der Waals surface area contributed by atoms with Crippen LogP contribution in [0.1, 0.15) is 21.5 Å². The van der Waals surface area contributed by atoms with Crippen molar-refractivity contribution >= 4 is 33.4 Å². The number of hydrogen-bond donors (Lipinski definition) is 0. The third kappa shape index (κ3) is 1.75. The minimum absolute atomic E-state index is 0.110. The molecule has 2 aromatic rings. The summed E-state index contributed by atoms with van der Waals surface area (Å²) in [6.45, 7) is 0. The topological polar surface area (TPSA) is 17.1 Å². The van der Waals surface area contributed by atoms with Crippen molar-refractivity contribution in [2.75, 3.05) is 0 Å². The number of fused-ring (bicyclic) bond motifs is 1. The molecule has 0 bridgehead atoms. The fourth-order valence-corrected chi connectivity index (χ4v) is 2.44. The van der Waals surface area contributed by atoms with E-state index in [4.69, 9.17) is 0 Å². The third-order valence-electron chi connectivity index (χ3n) is 2.89. The molecule has 0 aromatic heterocycles. The van der Waals surface area contributed by atoms with Gasteiger partial charge in [0.15, 0.2) is 5.78 Å². The largest absolute Gasteiger partial charge is 0.289 e. The molecule has 0 radical (unpaired) electrons. The summed E-state index contributed by atoms with van der Waals surface area (Å²) < 4.78 is 0.995. The Morgan fingerprint density at radius 1 is 0.941 bits per heavy atom. The Morgan fingerprint density at radius 3 is 2.47 bits per heavy atom. The Kier molecular flexibility index (Phi) is 2.45. The number of benzene rings is 2. The highest BCUT2D eigenvalue weighted by Gasteiger charge is 2.23. The first-order valence-corrected chi connectivity index (χ1v) is 6.16. The number of Topliss-reactive ketones (excluding diaryl/α,β-unsaturated/α-hetero) is 1. The van der Waals surface area contributed by atoms with Gasteiger partial charge in [0.2, 0.25) is 0 Å². The first kappa shape index (κ1) is 10.5. The van der Waals surface area contributed by atoms with Crippen molar-refractivity contribution < 1.29 is 4.79 Å². The van der Waals surface area contributed by atoms with Gasteiger partial charge >= 0.3 is 0 Å². The molecule has 0 fully saturated rings. The predicted molar refractivity (Wildman–Crippen MR) is 72.8 cm³/mol. The second-order valence-corrected chi connectivity index (χ2v) is 4.90. The zero-order valence-electron chi connectivity index (χ0n) is 8.98. The van der Waals surface area contributed by atoms with Crippen LogP contribution in [0, 0.1) is 0 Å². The van der Waals surface area contributed by atoms with Gasteiger partial charge in [-0.25, -0.2) is 0 Å². The molecule has 0 heterocycles. The lowest BCUT2D eigenvalue weighted by molar-refractivity contribution is 0.105. The summed E-state index contributed by atoms with van der Waals surface area (Å²) in [5.41, 5.74) is 3.53. The van der Waals surface area contributed by atoms with Crippen LogP contribution < -0.4 is 0 Å². The van der Waals surface area contributed by atoms with Crippen molar-refractivity contribution in [3.05, 3.63) is 69.7 Å². The number of carbonyl (C=O) groups is 1. The number of rotatable bonds is 1. The van der Waals surface area contributed by atoms with Crippen molar-refractivity contribution in [3.8, 4) is 0 Å². The van der Waals surface area contributed by atoms with Crippen LogP contribution in [0.5, 0.6) is 0 Å². The van der Waals surface area contributed by atoms with Crippen LogP contribution in [0.15, 0.2) is 53.0 Å². The zero-order valence-corrected chi connectivity index (χ0v) is 10.6. The van der Waals surface area contributed by atoms with Gasteiger partial charge in [-0.05, 0) is 35.4 Å². The maximum Gasteiger partial charge on any atom is 0.194 e. The molecule has 0 aliphatic heterocycles. The number of hydrogen-bond acceptors (Lipinski definition) is 1. The highest BCUT2D eigenvalue weighted by molar-refractivity contribution is 9.10. The summed E-state index contributed by atoms with van der Waals surface area (Å²) in [6, 6.07) is 15.5. The number of allylic oxidation sites excluding steroid dienone is 1. The molecule has 0 N–H and O–H groups in total. The Hall–Kier alpha value is -1.67. The van der Waals surface area contributed by atoms with Crippen LogP contribution in [0.2, 0.25) is 0 Å². The summed E-state index contributed by atoms with van der Waals surface area (Å²) in [5, 5.41) is 0. The van der Waals surface area contributed by atoms with E-state index in [1.54, 1.807) is 0 Å². The van der Waals surface area contributed by atoms with Crippen LogP contribution in [0.4, 0.5) is 0 Å². The van der Waals surface area contributed by atoms with Gasteiger partial charge in [0.05, 0.1) is 0 Å². The fraction of sp³-hybridized carbons (Fsp3) is 0. The molecular weight excluding hydrogens is 276 g/mol. The molecule has 0 saturated heterocycles. The van der Waals surface area contributed by atoms with E-state index in [0.717, 1.165) is 26.7 Å². The van der Waals surface area contributed by atoms with Crippen molar-refractivity contribution in [1.82, 2.24) is 0 Å². The molecule has 0 unspecified atom stereocenters. The van der Waals surface area contributed by atoms with Crippen LogP contribution in [0.3, 0.4) is 0 Å². The van der Waals surface area contributed by atoms with E-state index in [1.165, 1.54) is 0 Å². The summed E-state index contributed by atoms with van der Waals surface area (Å²) in [6.07, 6.45) is 1.96. The van der Waals surface area contributed by atoms with Crippen molar-refractivity contribution in [2.24, 2.45) is 0 Å². The zero-order chi connectivity index (χ0) is 11.8. The minimum atomic E-state index is 0.110. The summed E-state index contributed by atoms with van der Waals surface area (Å²) >= 11 is 3.42. The smallest absolute Gasteiger partial charge is 0.194 e. The Balaban J connectivity index is 2.13. The highest BCUT2D eigenvalue weighted by atomic mass is 79.9. The maximum absolute atomic E-state index is 12.2. The molecule has 1 aliphatic rings. The summed E-state index contributed by atoms with van der Waals surface area (Å²) in [4.78, 5) is 12.2. The van der Waals surface area contributed by atoms with E-state index < -0.39 is 0 Å². The number of ketones is 1. The lowest BCUT2D eigenvalue weighted by atomic mass is 10.0. The number of carbonyl (C=O) groups excluding carboxylic acids is 1. The average molecular weight is 285 g/mol. The Bertz CT molecular complexity index is 627. The molecule has 0 atom stereocenters. The fourth-order valence-electron chi connectivity index (χ4n) is 2.06. The Labute approximate surface area is 108 Å². The molecule has 2 heteroatoms. The normalized spacial score (nSPS) is 13.5. The van der Waals surface area contributed by atoms with Crippen LogP contribution >= 0.6 is 15.9 Å². The van der Waals surface area contributed by atoms with Crippen molar-refractivity contribution in [1.29, 1.82) is 0 Å². The molecule has 0 saturated carbocycles. The van der Waals surface area contributed by atoms with E-state index in [0.29, 0.717) is 0 Å². The molecule has 1 aliphatic carbocycles. The van der Waals surface area contributed by atoms with Crippen molar-refractivity contribution in [3.63, 3.8) is 0 Å². The molecule has 0 amide bonds. The monoisotopic (exact) mass is 284 g/mol. The van der Waals surface area contributed by atoms with Gasteiger partial charge in [-0.2, -0.15) is 0 Å². The molecule has 82 valence electrons. The molecular formula is C15H9BrO. The van der Waals surface area contributed by atoms with Crippen LogP contribution in [-0.4, -0.2) is 5.78 Å². The van der Waals surface area contributed by atoms with Gasteiger partial charge in [0.25, 0.3) is 0 Å². The maximum atomic E-state index is 12.2. The molecule has 2 aromatic carbocycles. The third-order valence-corrected chi connectivity index (χ3v) is 3.38. The van der Waals surface area contributed by atoms with Crippen molar-refractivity contribution in [2.45, 2.75) is 0 Å². The Morgan fingerprint density at radius 2 is 1.71 bits per heavy atom. The molecule has 1 nitrogen and oxygen atoms in total. The van der Waals surface area contributed by atoms with E-state index >= 15 is 0 Å².